The maximum Gasteiger partial charge on any atom is 0.318 e. The zero-order valence-corrected chi connectivity index (χ0v) is 15.1. The lowest BCUT2D eigenvalue weighted by Gasteiger charge is -2.22. The molecule has 2 N–H and O–H groups in total. The summed E-state index contributed by atoms with van der Waals surface area (Å²) in [5.41, 5.74) is 1.20. The van der Waals surface area contributed by atoms with Gasteiger partial charge in [0.15, 0.2) is 0 Å². The van der Waals surface area contributed by atoms with Gasteiger partial charge in [-0.05, 0) is 44.6 Å². The molecule has 2 heterocycles. The molecule has 0 saturated carbocycles. The summed E-state index contributed by atoms with van der Waals surface area (Å²) in [6.07, 6.45) is 6.68. The van der Waals surface area contributed by atoms with Gasteiger partial charge in [0.25, 0.3) is 0 Å². The highest BCUT2D eigenvalue weighted by Crippen LogP contribution is 2.20. The number of aryl methyl sites for hydroxylation is 1. The summed E-state index contributed by atoms with van der Waals surface area (Å²) < 4.78 is 1.80. The van der Waals surface area contributed by atoms with E-state index < -0.39 is 6.04 Å². The summed E-state index contributed by atoms with van der Waals surface area (Å²) in [5, 5.41) is 9.87. The molecule has 3 atom stereocenters. The van der Waals surface area contributed by atoms with E-state index in [4.69, 9.17) is 0 Å². The van der Waals surface area contributed by atoms with E-state index in [1.54, 1.807) is 16.5 Å². The van der Waals surface area contributed by atoms with Crippen LogP contribution in [0.3, 0.4) is 0 Å². The van der Waals surface area contributed by atoms with E-state index in [2.05, 4.69) is 15.7 Å². The van der Waals surface area contributed by atoms with Crippen LogP contribution in [-0.4, -0.2) is 51.8 Å². The van der Waals surface area contributed by atoms with Gasteiger partial charge >= 0.3 is 6.03 Å². The van der Waals surface area contributed by atoms with Crippen LogP contribution in [0, 0.1) is 5.92 Å². The van der Waals surface area contributed by atoms with Gasteiger partial charge in [-0.1, -0.05) is 6.92 Å². The normalized spacial score (nSPS) is 19.8. The molecule has 0 unspecified atom stereocenters. The van der Waals surface area contributed by atoms with Crippen molar-refractivity contribution >= 4 is 11.9 Å². The molecule has 7 heteroatoms. The molecule has 1 aliphatic heterocycles. The molecule has 24 heavy (non-hydrogen) atoms. The molecule has 1 saturated heterocycles. The molecule has 0 aromatic carbocycles. The second-order valence-corrected chi connectivity index (χ2v) is 6.82. The number of carbonyl (C=O) groups excluding carboxylic acids is 2. The van der Waals surface area contributed by atoms with Gasteiger partial charge in [0.2, 0.25) is 5.91 Å². The van der Waals surface area contributed by atoms with Crippen LogP contribution in [0.15, 0.2) is 12.4 Å². The van der Waals surface area contributed by atoms with Crippen molar-refractivity contribution in [1.82, 2.24) is 25.3 Å². The SMILES string of the molecule is CC[C@H](C)NC(=O)[C@@H](C)NC(=O)N1CC[C@@H](Cc2cnn(C)c2)C1. The molecule has 1 aromatic rings. The van der Waals surface area contributed by atoms with Crippen LogP contribution < -0.4 is 10.6 Å². The van der Waals surface area contributed by atoms with Crippen molar-refractivity contribution in [3.63, 3.8) is 0 Å². The Hall–Kier alpha value is -2.05. The van der Waals surface area contributed by atoms with E-state index in [0.29, 0.717) is 5.92 Å². The smallest absolute Gasteiger partial charge is 0.318 e. The van der Waals surface area contributed by atoms with Crippen LogP contribution >= 0.6 is 0 Å². The fourth-order valence-electron chi connectivity index (χ4n) is 2.91. The zero-order valence-electron chi connectivity index (χ0n) is 15.1. The molecular formula is C17H29N5O2. The standard InChI is InChI=1S/C17H29N5O2/c1-5-12(2)19-16(23)13(3)20-17(24)22-7-6-14(11-22)8-15-9-18-21(4)10-15/h9-10,12-14H,5-8,11H2,1-4H3,(H,19,23)(H,20,24)/t12-,13+,14-/m0/s1. The number of hydrogen-bond acceptors (Lipinski definition) is 3. The van der Waals surface area contributed by atoms with E-state index in [0.717, 1.165) is 32.4 Å². The zero-order chi connectivity index (χ0) is 17.7. The van der Waals surface area contributed by atoms with Crippen LogP contribution in [0.25, 0.3) is 0 Å². The van der Waals surface area contributed by atoms with Gasteiger partial charge in [-0.3, -0.25) is 9.48 Å². The molecular weight excluding hydrogens is 306 g/mol. The van der Waals surface area contributed by atoms with Gasteiger partial charge in [0, 0.05) is 32.4 Å². The molecule has 0 radical (unpaired) electrons. The van der Waals surface area contributed by atoms with Gasteiger partial charge in [-0.25, -0.2) is 4.79 Å². The Balaban J connectivity index is 1.78. The number of urea groups is 1. The third-order valence-corrected chi connectivity index (χ3v) is 4.59. The summed E-state index contributed by atoms with van der Waals surface area (Å²) in [7, 11) is 1.91. The molecule has 0 spiro atoms. The fraction of sp³-hybridized carbons (Fsp3) is 0.706. The molecule has 3 amide bonds. The quantitative estimate of drug-likeness (QED) is 0.822. The Morgan fingerprint density at radius 3 is 2.75 bits per heavy atom. The minimum absolute atomic E-state index is 0.118. The van der Waals surface area contributed by atoms with Crippen LogP contribution in [0.5, 0.6) is 0 Å². The number of likely N-dealkylation sites (tertiary alicyclic amines) is 1. The van der Waals surface area contributed by atoms with Crippen molar-refractivity contribution in [3.05, 3.63) is 18.0 Å². The molecule has 1 fully saturated rings. The molecule has 1 aromatic heterocycles. The first-order valence-corrected chi connectivity index (χ1v) is 8.72. The van der Waals surface area contributed by atoms with Crippen LogP contribution in [0.2, 0.25) is 0 Å². The van der Waals surface area contributed by atoms with Gasteiger partial charge < -0.3 is 15.5 Å². The predicted octanol–water partition coefficient (Wildman–Crippen LogP) is 1.30. The Morgan fingerprint density at radius 2 is 2.12 bits per heavy atom. The number of nitrogens with one attached hydrogen (secondary N) is 2. The summed E-state index contributed by atoms with van der Waals surface area (Å²) in [6, 6.07) is -0.563. The van der Waals surface area contributed by atoms with Crippen LogP contribution in [0.1, 0.15) is 39.2 Å². The molecule has 7 nitrogen and oxygen atoms in total. The highest BCUT2D eigenvalue weighted by molar-refractivity contribution is 5.86. The Bertz CT molecular complexity index is 571. The number of carbonyl (C=O) groups is 2. The number of nitrogens with zero attached hydrogens (tertiary/aromatic N) is 3. The monoisotopic (exact) mass is 335 g/mol. The van der Waals surface area contributed by atoms with Crippen LogP contribution in [0.4, 0.5) is 4.79 Å². The van der Waals surface area contributed by atoms with Crippen molar-refractivity contribution < 1.29 is 9.59 Å². The van der Waals surface area contributed by atoms with E-state index in [1.807, 2.05) is 33.3 Å². The lowest BCUT2D eigenvalue weighted by Crippen LogP contribution is -2.50. The number of amides is 3. The van der Waals surface area contributed by atoms with Gasteiger partial charge in [-0.15, -0.1) is 0 Å². The average Bonchev–Trinajstić information content (AvgIpc) is 3.16. The first kappa shape index (κ1) is 18.3. The maximum absolute atomic E-state index is 12.3. The fourth-order valence-corrected chi connectivity index (χ4v) is 2.91. The van der Waals surface area contributed by atoms with E-state index >= 15 is 0 Å². The Morgan fingerprint density at radius 1 is 1.38 bits per heavy atom. The largest absolute Gasteiger partial charge is 0.352 e. The van der Waals surface area contributed by atoms with Crippen LogP contribution in [-0.2, 0) is 18.3 Å². The molecule has 134 valence electrons. The topological polar surface area (TPSA) is 79.3 Å². The van der Waals surface area contributed by atoms with Crippen molar-refractivity contribution in [1.29, 1.82) is 0 Å². The molecule has 0 aliphatic carbocycles. The van der Waals surface area contributed by atoms with Crippen molar-refractivity contribution in [3.8, 4) is 0 Å². The second-order valence-electron chi connectivity index (χ2n) is 6.82. The molecule has 2 rings (SSSR count). The summed E-state index contributed by atoms with van der Waals surface area (Å²) in [4.78, 5) is 26.2. The van der Waals surface area contributed by atoms with E-state index in [-0.39, 0.29) is 18.0 Å². The minimum Gasteiger partial charge on any atom is -0.352 e. The van der Waals surface area contributed by atoms with Gasteiger partial charge in [0.05, 0.1) is 6.20 Å². The summed E-state index contributed by atoms with van der Waals surface area (Å²) in [6.45, 7) is 7.15. The second kappa shape index (κ2) is 8.17. The number of rotatable bonds is 6. The third kappa shape index (κ3) is 4.97. The first-order chi connectivity index (χ1) is 11.4. The Kier molecular flexibility index (Phi) is 6.23. The van der Waals surface area contributed by atoms with Gasteiger partial charge in [-0.2, -0.15) is 5.10 Å². The Labute approximate surface area is 143 Å². The predicted molar refractivity (Wildman–Crippen MR) is 92.5 cm³/mol. The average molecular weight is 335 g/mol. The highest BCUT2D eigenvalue weighted by atomic mass is 16.2. The van der Waals surface area contributed by atoms with Gasteiger partial charge in [0.1, 0.15) is 6.04 Å². The van der Waals surface area contributed by atoms with E-state index in [1.165, 1.54) is 5.56 Å². The highest BCUT2D eigenvalue weighted by Gasteiger charge is 2.28. The van der Waals surface area contributed by atoms with E-state index in [9.17, 15) is 9.59 Å². The van der Waals surface area contributed by atoms with Crippen molar-refractivity contribution in [2.75, 3.05) is 13.1 Å². The van der Waals surface area contributed by atoms with Crippen molar-refractivity contribution in [2.24, 2.45) is 13.0 Å². The number of aromatic nitrogens is 2. The summed E-state index contributed by atoms with van der Waals surface area (Å²) in [5.74, 6) is 0.313. The summed E-state index contributed by atoms with van der Waals surface area (Å²) >= 11 is 0. The molecule has 0 bridgehead atoms. The first-order valence-electron chi connectivity index (χ1n) is 8.72. The lowest BCUT2D eigenvalue weighted by atomic mass is 10.0. The third-order valence-electron chi connectivity index (χ3n) is 4.59. The molecule has 1 aliphatic rings. The maximum atomic E-state index is 12.3. The van der Waals surface area contributed by atoms with Crippen molar-refractivity contribution in [2.45, 2.75) is 52.1 Å². The minimum atomic E-state index is -0.524. The lowest BCUT2D eigenvalue weighted by molar-refractivity contribution is -0.123. The number of hydrogen-bond donors (Lipinski definition) is 2.